The first kappa shape index (κ1) is 16.5. The molecular formula is C16H32N2O. The number of unbranched alkanes of at least 4 members (excludes halogenated alkanes) is 1. The molecule has 3 heteroatoms. The zero-order valence-corrected chi connectivity index (χ0v) is 13.0. The van der Waals surface area contributed by atoms with E-state index >= 15 is 0 Å². The summed E-state index contributed by atoms with van der Waals surface area (Å²) in [4.78, 5) is 12.4. The molecule has 0 radical (unpaired) electrons. The number of amides is 1. The molecule has 3 nitrogen and oxygen atoms in total. The molecule has 0 bridgehead atoms. The van der Waals surface area contributed by atoms with E-state index in [0.717, 1.165) is 38.5 Å². The van der Waals surface area contributed by atoms with E-state index in [1.54, 1.807) is 0 Å². The minimum Gasteiger partial charge on any atom is -0.353 e. The number of nitrogens with one attached hydrogen (secondary N) is 1. The summed E-state index contributed by atoms with van der Waals surface area (Å²) in [6.45, 7) is 6.56. The van der Waals surface area contributed by atoms with Crippen LogP contribution in [-0.4, -0.2) is 18.0 Å². The number of carbonyl (C=O) groups is 1. The summed E-state index contributed by atoms with van der Waals surface area (Å²) < 4.78 is 0. The second-order valence-corrected chi connectivity index (χ2v) is 6.29. The van der Waals surface area contributed by atoms with Crippen molar-refractivity contribution in [3.8, 4) is 0 Å². The van der Waals surface area contributed by atoms with Gasteiger partial charge in [-0.1, -0.05) is 40.0 Å². The molecule has 1 fully saturated rings. The van der Waals surface area contributed by atoms with Crippen LogP contribution in [0.5, 0.6) is 0 Å². The Balaban J connectivity index is 2.46. The highest BCUT2D eigenvalue weighted by molar-refractivity contribution is 5.79. The Labute approximate surface area is 118 Å². The third-order valence-electron chi connectivity index (χ3n) is 4.44. The van der Waals surface area contributed by atoms with Gasteiger partial charge in [0.15, 0.2) is 0 Å². The van der Waals surface area contributed by atoms with Crippen molar-refractivity contribution in [3.63, 3.8) is 0 Å². The van der Waals surface area contributed by atoms with E-state index in [0.29, 0.717) is 18.0 Å². The lowest BCUT2D eigenvalue weighted by molar-refractivity contribution is -0.128. The van der Waals surface area contributed by atoms with Gasteiger partial charge in [0.1, 0.15) is 0 Å². The third kappa shape index (κ3) is 5.52. The van der Waals surface area contributed by atoms with Crippen LogP contribution in [0.25, 0.3) is 0 Å². The van der Waals surface area contributed by atoms with E-state index in [-0.39, 0.29) is 11.8 Å². The smallest absolute Gasteiger partial charge is 0.223 e. The average Bonchev–Trinajstić information content (AvgIpc) is 2.36. The molecule has 19 heavy (non-hydrogen) atoms. The van der Waals surface area contributed by atoms with E-state index in [1.807, 2.05) is 0 Å². The van der Waals surface area contributed by atoms with Crippen LogP contribution in [0.3, 0.4) is 0 Å². The van der Waals surface area contributed by atoms with E-state index in [4.69, 9.17) is 5.73 Å². The number of hydrogen-bond acceptors (Lipinski definition) is 2. The minimum absolute atomic E-state index is 0.181. The van der Waals surface area contributed by atoms with Crippen molar-refractivity contribution in [2.75, 3.05) is 0 Å². The fourth-order valence-corrected chi connectivity index (χ4v) is 3.22. The number of hydrogen-bond donors (Lipinski definition) is 2. The van der Waals surface area contributed by atoms with Crippen molar-refractivity contribution in [2.24, 2.45) is 17.6 Å². The van der Waals surface area contributed by atoms with Gasteiger partial charge in [0, 0.05) is 18.0 Å². The van der Waals surface area contributed by atoms with Crippen LogP contribution in [0.4, 0.5) is 0 Å². The van der Waals surface area contributed by atoms with Crippen molar-refractivity contribution in [2.45, 2.75) is 84.2 Å². The Kier molecular flexibility index (Phi) is 7.44. The van der Waals surface area contributed by atoms with Crippen LogP contribution >= 0.6 is 0 Å². The molecule has 1 saturated carbocycles. The molecule has 4 atom stereocenters. The standard InChI is InChI=1S/C16H32N2O/c1-4-6-8-14(7-5-2)18-16(19)15-10-9-13(17)11-12(15)3/h12-15H,4-11,17H2,1-3H3,(H,18,19). The summed E-state index contributed by atoms with van der Waals surface area (Å²) in [6.07, 6.45) is 8.71. The molecule has 0 aromatic rings. The predicted octanol–water partition coefficient (Wildman–Crippen LogP) is 3.23. The van der Waals surface area contributed by atoms with Gasteiger partial charge in [-0.3, -0.25) is 4.79 Å². The second kappa shape index (κ2) is 8.57. The lowest BCUT2D eigenvalue weighted by Crippen LogP contribution is -2.44. The van der Waals surface area contributed by atoms with Gasteiger partial charge < -0.3 is 11.1 Å². The Morgan fingerprint density at radius 3 is 2.58 bits per heavy atom. The highest BCUT2D eigenvalue weighted by Gasteiger charge is 2.31. The third-order valence-corrected chi connectivity index (χ3v) is 4.44. The molecule has 0 aromatic carbocycles. The summed E-state index contributed by atoms with van der Waals surface area (Å²) in [5.74, 6) is 0.881. The molecule has 112 valence electrons. The zero-order chi connectivity index (χ0) is 14.3. The Morgan fingerprint density at radius 1 is 1.26 bits per heavy atom. The molecule has 0 saturated heterocycles. The number of carbonyl (C=O) groups excluding carboxylic acids is 1. The molecular weight excluding hydrogens is 236 g/mol. The Bertz CT molecular complexity index is 267. The maximum atomic E-state index is 12.4. The van der Waals surface area contributed by atoms with Gasteiger partial charge in [0.2, 0.25) is 5.91 Å². The topological polar surface area (TPSA) is 55.1 Å². The van der Waals surface area contributed by atoms with Gasteiger partial charge in [0.05, 0.1) is 0 Å². The molecule has 0 heterocycles. The quantitative estimate of drug-likeness (QED) is 0.745. The molecule has 1 aliphatic carbocycles. The molecule has 0 aliphatic heterocycles. The lowest BCUT2D eigenvalue weighted by Gasteiger charge is -2.32. The number of nitrogens with two attached hydrogens (primary N) is 1. The molecule has 1 rings (SSSR count). The molecule has 0 aromatic heterocycles. The first-order valence-corrected chi connectivity index (χ1v) is 8.14. The lowest BCUT2D eigenvalue weighted by atomic mass is 9.77. The highest BCUT2D eigenvalue weighted by Crippen LogP contribution is 2.29. The maximum absolute atomic E-state index is 12.4. The van der Waals surface area contributed by atoms with Crippen LogP contribution in [0, 0.1) is 11.8 Å². The van der Waals surface area contributed by atoms with E-state index < -0.39 is 0 Å². The van der Waals surface area contributed by atoms with Crippen LogP contribution in [0.2, 0.25) is 0 Å². The van der Waals surface area contributed by atoms with E-state index in [2.05, 4.69) is 26.1 Å². The fraction of sp³-hybridized carbons (Fsp3) is 0.938. The van der Waals surface area contributed by atoms with Gasteiger partial charge >= 0.3 is 0 Å². The van der Waals surface area contributed by atoms with Gasteiger partial charge in [-0.15, -0.1) is 0 Å². The minimum atomic E-state index is 0.181. The maximum Gasteiger partial charge on any atom is 0.223 e. The largest absolute Gasteiger partial charge is 0.353 e. The second-order valence-electron chi connectivity index (χ2n) is 6.29. The van der Waals surface area contributed by atoms with E-state index in [1.165, 1.54) is 12.8 Å². The Hall–Kier alpha value is -0.570. The summed E-state index contributed by atoms with van der Waals surface area (Å²) in [5, 5.41) is 3.29. The van der Waals surface area contributed by atoms with Crippen molar-refractivity contribution < 1.29 is 4.79 Å². The molecule has 3 N–H and O–H groups in total. The normalized spacial score (nSPS) is 28.9. The number of rotatable bonds is 7. The van der Waals surface area contributed by atoms with Crippen molar-refractivity contribution in [1.29, 1.82) is 0 Å². The average molecular weight is 268 g/mol. The van der Waals surface area contributed by atoms with Crippen molar-refractivity contribution in [3.05, 3.63) is 0 Å². The van der Waals surface area contributed by atoms with Crippen molar-refractivity contribution in [1.82, 2.24) is 5.32 Å². The van der Waals surface area contributed by atoms with E-state index in [9.17, 15) is 4.79 Å². The summed E-state index contributed by atoms with van der Waals surface area (Å²) >= 11 is 0. The van der Waals surface area contributed by atoms with Crippen LogP contribution < -0.4 is 11.1 Å². The van der Waals surface area contributed by atoms with Gasteiger partial charge in [-0.05, 0) is 38.0 Å². The first-order chi connectivity index (χ1) is 9.08. The van der Waals surface area contributed by atoms with Crippen LogP contribution in [0.1, 0.15) is 72.1 Å². The summed E-state index contributed by atoms with van der Waals surface area (Å²) in [7, 11) is 0. The first-order valence-electron chi connectivity index (χ1n) is 8.14. The molecule has 1 amide bonds. The SMILES string of the molecule is CCCCC(CCC)NC(=O)C1CCC(N)CC1C. The van der Waals surface area contributed by atoms with Gasteiger partial charge in [-0.25, -0.2) is 0 Å². The molecule has 4 unspecified atom stereocenters. The van der Waals surface area contributed by atoms with Gasteiger partial charge in [0.25, 0.3) is 0 Å². The van der Waals surface area contributed by atoms with Gasteiger partial charge in [-0.2, -0.15) is 0 Å². The monoisotopic (exact) mass is 268 g/mol. The predicted molar refractivity (Wildman–Crippen MR) is 80.8 cm³/mol. The van der Waals surface area contributed by atoms with Crippen molar-refractivity contribution >= 4 is 5.91 Å². The summed E-state index contributed by atoms with van der Waals surface area (Å²) in [6, 6.07) is 0.672. The molecule has 1 aliphatic rings. The Morgan fingerprint density at radius 2 is 2.00 bits per heavy atom. The molecule has 0 spiro atoms. The van der Waals surface area contributed by atoms with Crippen LogP contribution in [-0.2, 0) is 4.79 Å². The fourth-order valence-electron chi connectivity index (χ4n) is 3.22. The summed E-state index contributed by atoms with van der Waals surface area (Å²) in [5.41, 5.74) is 5.97. The van der Waals surface area contributed by atoms with Crippen LogP contribution in [0.15, 0.2) is 0 Å². The highest BCUT2D eigenvalue weighted by atomic mass is 16.1. The zero-order valence-electron chi connectivity index (χ0n) is 13.0.